The molecule has 15 heavy (non-hydrogen) atoms. The minimum absolute atomic E-state index is 0.897. The van der Waals surface area contributed by atoms with E-state index >= 15 is 0 Å². The van der Waals surface area contributed by atoms with Gasteiger partial charge in [0, 0.05) is 0 Å². The topological polar surface area (TPSA) is 126 Å². The summed E-state index contributed by atoms with van der Waals surface area (Å²) in [4.78, 5) is 22.7. The Balaban J connectivity index is 2.59. The first-order chi connectivity index (χ1) is 7.02. The van der Waals surface area contributed by atoms with Crippen molar-refractivity contribution >= 4 is 11.6 Å². The van der Waals surface area contributed by atoms with E-state index in [1.165, 1.54) is 18.2 Å². The summed E-state index contributed by atoms with van der Waals surface area (Å²) in [6.07, 6.45) is 0. The molecule has 2 aliphatic carbocycles. The first kappa shape index (κ1) is 9.33. The lowest BCUT2D eigenvalue weighted by atomic mass is 9.35. The summed E-state index contributed by atoms with van der Waals surface area (Å²) in [6.45, 7) is 0. The maximum absolute atomic E-state index is 11.3. The average Bonchev–Trinajstić information content (AvgIpc) is 2.20. The second-order valence-corrected chi connectivity index (χ2v) is 3.54. The van der Waals surface area contributed by atoms with Gasteiger partial charge in [-0.2, -0.15) is 15.8 Å². The zero-order valence-electron chi connectivity index (χ0n) is 7.26. The number of Topliss-reactive ketones (excluding diaryl/α,β-unsaturated/α-hetero) is 2. The van der Waals surface area contributed by atoms with Crippen molar-refractivity contribution < 1.29 is 14.7 Å². The number of carbonyl (C=O) groups is 2. The van der Waals surface area contributed by atoms with Crippen LogP contribution in [-0.2, 0) is 9.59 Å². The SMILES string of the molecule is N#CC1C(=O)C2(C#N)C(=O)C(C#N)C12O. The number of nitrogens with zero attached hydrogens (tertiary/aromatic N) is 3. The average molecular weight is 201 g/mol. The first-order valence-corrected chi connectivity index (χ1v) is 4.03. The second kappa shape index (κ2) is 2.23. The fourth-order valence-electron chi connectivity index (χ4n) is 2.31. The summed E-state index contributed by atoms with van der Waals surface area (Å²) in [6, 6.07) is 4.46. The lowest BCUT2D eigenvalue weighted by Crippen LogP contribution is -2.86. The van der Waals surface area contributed by atoms with Crippen LogP contribution in [0.3, 0.4) is 0 Å². The Morgan fingerprint density at radius 2 is 1.47 bits per heavy atom. The second-order valence-electron chi connectivity index (χ2n) is 3.54. The van der Waals surface area contributed by atoms with Crippen LogP contribution in [0.1, 0.15) is 0 Å². The molecule has 0 aliphatic heterocycles. The van der Waals surface area contributed by atoms with Crippen LogP contribution < -0.4 is 0 Å². The van der Waals surface area contributed by atoms with Gasteiger partial charge in [0.1, 0.15) is 17.4 Å². The monoisotopic (exact) mass is 201 g/mol. The molecule has 0 aromatic heterocycles. The van der Waals surface area contributed by atoms with Crippen LogP contribution >= 0.6 is 0 Å². The van der Waals surface area contributed by atoms with Gasteiger partial charge in [-0.05, 0) is 0 Å². The summed E-state index contributed by atoms with van der Waals surface area (Å²) >= 11 is 0. The van der Waals surface area contributed by atoms with Crippen LogP contribution in [-0.4, -0.2) is 22.3 Å². The fraction of sp³-hybridized carbons (Fsp3) is 0.444. The molecule has 2 rings (SSSR count). The summed E-state index contributed by atoms with van der Waals surface area (Å²) in [5.41, 5.74) is -4.26. The van der Waals surface area contributed by atoms with Gasteiger partial charge in [-0.3, -0.25) is 9.59 Å². The normalized spacial score (nSPS) is 46.3. The number of ketones is 2. The van der Waals surface area contributed by atoms with Crippen LogP contribution in [0.25, 0.3) is 0 Å². The Hall–Kier alpha value is -2.23. The standard InChI is InChI=1S/C9H3N3O3/c10-1-4-6(13)8(3-12)7(14)5(2-11)9(4,8)15/h4-5,15H. The Morgan fingerprint density at radius 3 is 1.73 bits per heavy atom. The minimum Gasteiger partial charge on any atom is -0.384 e. The summed E-state index contributed by atoms with van der Waals surface area (Å²) in [5, 5.41) is 35.8. The predicted octanol–water partition coefficient (Wildman–Crippen LogP) is -1.33. The van der Waals surface area contributed by atoms with Gasteiger partial charge in [0.2, 0.25) is 5.41 Å². The Morgan fingerprint density at radius 1 is 1.07 bits per heavy atom. The molecule has 0 radical (unpaired) electrons. The summed E-state index contributed by atoms with van der Waals surface area (Å²) in [5.74, 6) is -4.68. The van der Waals surface area contributed by atoms with E-state index in [1.54, 1.807) is 0 Å². The molecule has 0 heterocycles. The highest BCUT2D eigenvalue weighted by atomic mass is 16.3. The highest BCUT2D eigenvalue weighted by Gasteiger charge is 2.89. The molecule has 2 unspecified atom stereocenters. The summed E-state index contributed by atoms with van der Waals surface area (Å²) in [7, 11) is 0. The molecule has 0 amide bonds. The highest BCUT2D eigenvalue weighted by Crippen LogP contribution is 2.64. The Labute approximate surface area is 83.9 Å². The van der Waals surface area contributed by atoms with Gasteiger partial charge in [0.05, 0.1) is 18.2 Å². The van der Waals surface area contributed by atoms with Crippen LogP contribution in [0.2, 0.25) is 0 Å². The van der Waals surface area contributed by atoms with Gasteiger partial charge in [0.15, 0.2) is 11.6 Å². The fourth-order valence-corrected chi connectivity index (χ4v) is 2.31. The van der Waals surface area contributed by atoms with E-state index in [9.17, 15) is 14.7 Å². The third-order valence-corrected chi connectivity index (χ3v) is 3.17. The largest absolute Gasteiger partial charge is 0.384 e. The molecule has 1 N–H and O–H groups in total. The van der Waals surface area contributed by atoms with E-state index in [-0.39, 0.29) is 0 Å². The van der Waals surface area contributed by atoms with Gasteiger partial charge in [-0.25, -0.2) is 0 Å². The maximum Gasteiger partial charge on any atom is 0.208 e. The number of rotatable bonds is 0. The van der Waals surface area contributed by atoms with E-state index < -0.39 is 34.4 Å². The highest BCUT2D eigenvalue weighted by molar-refractivity contribution is 6.26. The Kier molecular flexibility index (Phi) is 1.38. The summed E-state index contributed by atoms with van der Waals surface area (Å²) < 4.78 is 0. The molecule has 2 fully saturated rings. The number of aliphatic hydroxyl groups is 1. The van der Waals surface area contributed by atoms with Crippen LogP contribution in [0, 0.1) is 51.2 Å². The van der Waals surface area contributed by atoms with Gasteiger partial charge in [0.25, 0.3) is 0 Å². The van der Waals surface area contributed by atoms with Crippen molar-refractivity contribution in [3.63, 3.8) is 0 Å². The third kappa shape index (κ3) is 0.536. The minimum atomic E-state index is -2.16. The Bertz CT molecular complexity index is 482. The molecule has 0 aromatic rings. The van der Waals surface area contributed by atoms with E-state index in [2.05, 4.69) is 0 Å². The quantitative estimate of drug-likeness (QED) is 0.484. The molecule has 0 saturated heterocycles. The molecular weight excluding hydrogens is 198 g/mol. The predicted molar refractivity (Wildman–Crippen MR) is 41.2 cm³/mol. The van der Waals surface area contributed by atoms with Gasteiger partial charge in [-0.1, -0.05) is 0 Å². The van der Waals surface area contributed by atoms with Gasteiger partial charge in [-0.15, -0.1) is 0 Å². The van der Waals surface area contributed by atoms with Crippen LogP contribution in [0.5, 0.6) is 0 Å². The van der Waals surface area contributed by atoms with Gasteiger partial charge >= 0.3 is 0 Å². The van der Waals surface area contributed by atoms with Crippen molar-refractivity contribution in [2.75, 3.05) is 0 Å². The van der Waals surface area contributed by atoms with Crippen molar-refractivity contribution in [2.45, 2.75) is 5.60 Å². The zero-order valence-corrected chi connectivity index (χ0v) is 7.26. The molecule has 6 heteroatoms. The molecule has 0 spiro atoms. The molecular formula is C9H3N3O3. The molecule has 0 aromatic carbocycles. The molecule has 0 bridgehead atoms. The molecule has 2 saturated carbocycles. The number of hydrogen-bond acceptors (Lipinski definition) is 6. The molecule has 2 aliphatic rings. The number of hydrogen-bond donors (Lipinski definition) is 1. The van der Waals surface area contributed by atoms with Crippen LogP contribution in [0.4, 0.5) is 0 Å². The molecule has 6 nitrogen and oxygen atoms in total. The van der Waals surface area contributed by atoms with Crippen molar-refractivity contribution in [3.05, 3.63) is 0 Å². The first-order valence-electron chi connectivity index (χ1n) is 4.03. The number of carbonyl (C=O) groups excluding carboxylic acids is 2. The van der Waals surface area contributed by atoms with Crippen LogP contribution in [0.15, 0.2) is 0 Å². The number of nitriles is 3. The zero-order chi connectivity index (χ0) is 11.4. The smallest absolute Gasteiger partial charge is 0.208 e. The van der Waals surface area contributed by atoms with Crippen molar-refractivity contribution in [1.29, 1.82) is 15.8 Å². The van der Waals surface area contributed by atoms with E-state index in [1.807, 2.05) is 0 Å². The van der Waals surface area contributed by atoms with Crippen molar-refractivity contribution in [3.8, 4) is 18.2 Å². The van der Waals surface area contributed by atoms with Gasteiger partial charge < -0.3 is 5.11 Å². The van der Waals surface area contributed by atoms with Crippen molar-refractivity contribution in [1.82, 2.24) is 0 Å². The van der Waals surface area contributed by atoms with E-state index in [4.69, 9.17) is 15.8 Å². The lowest BCUT2D eigenvalue weighted by Gasteiger charge is -2.61. The van der Waals surface area contributed by atoms with Crippen molar-refractivity contribution in [2.24, 2.45) is 17.3 Å². The third-order valence-electron chi connectivity index (χ3n) is 3.17. The molecule has 72 valence electrons. The van der Waals surface area contributed by atoms with E-state index in [0.29, 0.717) is 0 Å². The molecule has 2 atom stereocenters. The maximum atomic E-state index is 11.3. The lowest BCUT2D eigenvalue weighted by molar-refractivity contribution is -0.227. The van der Waals surface area contributed by atoms with E-state index in [0.717, 1.165) is 0 Å². The number of fused-ring (bicyclic) bond motifs is 1.